The van der Waals surface area contributed by atoms with Crippen molar-refractivity contribution in [3.63, 3.8) is 0 Å². The van der Waals surface area contributed by atoms with Gasteiger partial charge in [0.2, 0.25) is 0 Å². The van der Waals surface area contributed by atoms with E-state index in [0.29, 0.717) is 12.4 Å². The lowest BCUT2D eigenvalue weighted by atomic mass is 9.98. The number of benzene rings is 1. The lowest BCUT2D eigenvalue weighted by Gasteiger charge is -2.21. The molecule has 2 heterocycles. The molecule has 1 N–H and O–H groups in total. The van der Waals surface area contributed by atoms with Crippen LogP contribution in [0.2, 0.25) is 0 Å². The van der Waals surface area contributed by atoms with E-state index < -0.39 is 0 Å². The zero-order valence-corrected chi connectivity index (χ0v) is 10.7. The number of hydrogen-bond acceptors (Lipinski definition) is 4. The Morgan fingerprint density at radius 2 is 2.16 bits per heavy atom. The SMILES string of the molecule is O=C(Oc1ccc2c(c1)C=CCO2)C1CCNCC1. The smallest absolute Gasteiger partial charge is 0.314 e. The molecule has 3 rings (SSSR count). The standard InChI is InChI=1S/C15H17NO3/c17-15(11-5-7-16-8-6-11)19-13-3-4-14-12(10-13)2-1-9-18-14/h1-4,10-11,16H,5-9H2. The Kier molecular flexibility index (Phi) is 3.51. The van der Waals surface area contributed by atoms with Crippen molar-refractivity contribution in [3.05, 3.63) is 29.8 Å². The Balaban J connectivity index is 1.69. The maximum atomic E-state index is 12.0. The Labute approximate surface area is 112 Å². The summed E-state index contributed by atoms with van der Waals surface area (Å²) in [5, 5.41) is 3.24. The summed E-state index contributed by atoms with van der Waals surface area (Å²) in [6, 6.07) is 5.49. The van der Waals surface area contributed by atoms with Crippen LogP contribution in [0.1, 0.15) is 18.4 Å². The van der Waals surface area contributed by atoms with Gasteiger partial charge in [-0.15, -0.1) is 0 Å². The Morgan fingerprint density at radius 1 is 1.32 bits per heavy atom. The van der Waals surface area contributed by atoms with Gasteiger partial charge in [-0.3, -0.25) is 4.79 Å². The highest BCUT2D eigenvalue weighted by Crippen LogP contribution is 2.28. The van der Waals surface area contributed by atoms with E-state index in [-0.39, 0.29) is 11.9 Å². The van der Waals surface area contributed by atoms with Crippen LogP contribution in [-0.2, 0) is 4.79 Å². The molecule has 0 bridgehead atoms. The first-order chi connectivity index (χ1) is 9.33. The zero-order valence-electron chi connectivity index (χ0n) is 10.7. The first-order valence-corrected chi connectivity index (χ1v) is 6.69. The zero-order chi connectivity index (χ0) is 13.1. The first-order valence-electron chi connectivity index (χ1n) is 6.69. The fourth-order valence-electron chi connectivity index (χ4n) is 2.42. The summed E-state index contributed by atoms with van der Waals surface area (Å²) in [5.74, 6) is 1.33. The molecular formula is C15H17NO3. The number of piperidine rings is 1. The quantitative estimate of drug-likeness (QED) is 0.652. The normalized spacial score (nSPS) is 18.5. The fourth-order valence-corrected chi connectivity index (χ4v) is 2.42. The lowest BCUT2D eigenvalue weighted by Crippen LogP contribution is -2.33. The average molecular weight is 259 g/mol. The van der Waals surface area contributed by atoms with E-state index in [1.54, 1.807) is 6.07 Å². The molecule has 19 heavy (non-hydrogen) atoms. The van der Waals surface area contributed by atoms with Crippen LogP contribution in [-0.4, -0.2) is 25.7 Å². The summed E-state index contributed by atoms with van der Waals surface area (Å²) in [4.78, 5) is 12.0. The third-order valence-electron chi connectivity index (χ3n) is 3.50. The Bertz CT molecular complexity index is 504. The Hall–Kier alpha value is -1.81. The number of hydrogen-bond donors (Lipinski definition) is 1. The molecule has 4 heteroatoms. The van der Waals surface area contributed by atoms with Crippen LogP contribution in [0, 0.1) is 5.92 Å². The van der Waals surface area contributed by atoms with Gasteiger partial charge in [-0.2, -0.15) is 0 Å². The van der Waals surface area contributed by atoms with Crippen LogP contribution in [0.4, 0.5) is 0 Å². The summed E-state index contributed by atoms with van der Waals surface area (Å²) in [6.45, 7) is 2.38. The minimum absolute atomic E-state index is 0.0177. The molecule has 0 aromatic heterocycles. The summed E-state index contributed by atoms with van der Waals surface area (Å²) in [7, 11) is 0. The van der Waals surface area contributed by atoms with Gasteiger partial charge in [-0.05, 0) is 50.2 Å². The number of nitrogens with one attached hydrogen (secondary N) is 1. The van der Waals surface area contributed by atoms with E-state index in [2.05, 4.69) is 5.32 Å². The molecule has 1 aromatic carbocycles. The van der Waals surface area contributed by atoms with E-state index >= 15 is 0 Å². The minimum Gasteiger partial charge on any atom is -0.489 e. The number of fused-ring (bicyclic) bond motifs is 1. The van der Waals surface area contributed by atoms with Gasteiger partial charge in [0.15, 0.2) is 0 Å². The second kappa shape index (κ2) is 5.45. The highest BCUT2D eigenvalue weighted by atomic mass is 16.5. The van der Waals surface area contributed by atoms with E-state index in [9.17, 15) is 4.79 Å². The van der Waals surface area contributed by atoms with Gasteiger partial charge in [0.25, 0.3) is 0 Å². The highest BCUT2D eigenvalue weighted by Gasteiger charge is 2.23. The summed E-state index contributed by atoms with van der Waals surface area (Å²) >= 11 is 0. The van der Waals surface area contributed by atoms with Gasteiger partial charge in [0, 0.05) is 5.56 Å². The Morgan fingerprint density at radius 3 is 3.00 bits per heavy atom. The van der Waals surface area contributed by atoms with E-state index in [0.717, 1.165) is 37.2 Å². The monoisotopic (exact) mass is 259 g/mol. The average Bonchev–Trinajstić information content (AvgIpc) is 2.48. The minimum atomic E-state index is -0.123. The summed E-state index contributed by atoms with van der Waals surface area (Å²) < 4.78 is 10.9. The van der Waals surface area contributed by atoms with Crippen molar-refractivity contribution in [1.82, 2.24) is 5.32 Å². The molecule has 2 aliphatic rings. The van der Waals surface area contributed by atoms with Crippen molar-refractivity contribution < 1.29 is 14.3 Å². The van der Waals surface area contributed by atoms with Gasteiger partial charge in [-0.25, -0.2) is 0 Å². The second-order valence-electron chi connectivity index (χ2n) is 4.86. The van der Waals surface area contributed by atoms with Crippen molar-refractivity contribution in [2.24, 2.45) is 5.92 Å². The van der Waals surface area contributed by atoms with Crippen LogP contribution in [0.5, 0.6) is 11.5 Å². The maximum Gasteiger partial charge on any atom is 0.314 e. The van der Waals surface area contributed by atoms with Crippen LogP contribution < -0.4 is 14.8 Å². The number of carbonyl (C=O) groups excluding carboxylic acids is 1. The summed E-state index contributed by atoms with van der Waals surface area (Å²) in [5.41, 5.74) is 0.960. The molecular weight excluding hydrogens is 242 g/mol. The molecule has 4 nitrogen and oxygen atoms in total. The number of esters is 1. The molecule has 0 aliphatic carbocycles. The molecule has 1 fully saturated rings. The number of rotatable bonds is 2. The van der Waals surface area contributed by atoms with E-state index in [1.165, 1.54) is 0 Å². The van der Waals surface area contributed by atoms with Crippen molar-refractivity contribution in [3.8, 4) is 11.5 Å². The number of carbonyl (C=O) groups is 1. The van der Waals surface area contributed by atoms with Crippen molar-refractivity contribution in [2.75, 3.05) is 19.7 Å². The molecule has 0 saturated carbocycles. The predicted octanol–water partition coefficient (Wildman–Crippen LogP) is 2.00. The first kappa shape index (κ1) is 12.2. The predicted molar refractivity (Wildman–Crippen MR) is 72.2 cm³/mol. The molecule has 0 spiro atoms. The lowest BCUT2D eigenvalue weighted by molar-refractivity contribution is -0.139. The third-order valence-corrected chi connectivity index (χ3v) is 3.50. The van der Waals surface area contributed by atoms with Crippen LogP contribution in [0.3, 0.4) is 0 Å². The van der Waals surface area contributed by atoms with Crippen molar-refractivity contribution in [2.45, 2.75) is 12.8 Å². The summed E-state index contributed by atoms with van der Waals surface area (Å²) in [6.07, 6.45) is 5.64. The molecule has 100 valence electrons. The van der Waals surface area contributed by atoms with Crippen molar-refractivity contribution >= 4 is 12.0 Å². The van der Waals surface area contributed by atoms with Crippen LogP contribution >= 0.6 is 0 Å². The van der Waals surface area contributed by atoms with Gasteiger partial charge < -0.3 is 14.8 Å². The molecule has 2 aliphatic heterocycles. The molecule has 0 atom stereocenters. The maximum absolute atomic E-state index is 12.0. The fraction of sp³-hybridized carbons (Fsp3) is 0.400. The van der Waals surface area contributed by atoms with Gasteiger partial charge in [0.1, 0.15) is 18.1 Å². The second-order valence-corrected chi connectivity index (χ2v) is 4.86. The van der Waals surface area contributed by atoms with Gasteiger partial charge in [0.05, 0.1) is 5.92 Å². The van der Waals surface area contributed by atoms with Gasteiger partial charge in [-0.1, -0.05) is 6.08 Å². The topological polar surface area (TPSA) is 47.6 Å². The highest BCUT2D eigenvalue weighted by molar-refractivity contribution is 5.76. The molecule has 0 amide bonds. The van der Waals surface area contributed by atoms with Gasteiger partial charge >= 0.3 is 5.97 Å². The van der Waals surface area contributed by atoms with Crippen LogP contribution in [0.15, 0.2) is 24.3 Å². The van der Waals surface area contributed by atoms with Crippen LogP contribution in [0.25, 0.3) is 6.08 Å². The molecule has 0 unspecified atom stereocenters. The van der Waals surface area contributed by atoms with Crippen molar-refractivity contribution in [1.29, 1.82) is 0 Å². The largest absolute Gasteiger partial charge is 0.489 e. The molecule has 0 radical (unpaired) electrons. The number of ether oxygens (including phenoxy) is 2. The third kappa shape index (κ3) is 2.79. The van der Waals surface area contributed by atoms with E-state index in [4.69, 9.17) is 9.47 Å². The molecule has 1 aromatic rings. The molecule has 1 saturated heterocycles. The van der Waals surface area contributed by atoms with E-state index in [1.807, 2.05) is 24.3 Å².